The lowest BCUT2D eigenvalue weighted by Crippen LogP contribution is -2.10. The predicted octanol–water partition coefficient (Wildman–Crippen LogP) is 0.920. The molecule has 0 spiro atoms. The lowest BCUT2D eigenvalue weighted by Gasteiger charge is -2.07. The molecule has 16 heavy (non-hydrogen) atoms. The Morgan fingerprint density at radius 1 is 1.38 bits per heavy atom. The van der Waals surface area contributed by atoms with Crippen LogP contribution in [-0.4, -0.2) is 22.1 Å². The zero-order valence-electron chi connectivity index (χ0n) is 8.93. The Morgan fingerprint density at radius 3 is 2.75 bits per heavy atom. The summed E-state index contributed by atoms with van der Waals surface area (Å²) in [5, 5.41) is 0. The number of methoxy groups -OCH3 is 1. The van der Waals surface area contributed by atoms with Gasteiger partial charge in [0.1, 0.15) is 0 Å². The minimum atomic E-state index is -3.40. The molecule has 0 saturated heterocycles. The molecule has 1 aliphatic heterocycles. The summed E-state index contributed by atoms with van der Waals surface area (Å²) < 4.78 is 29.2. The van der Waals surface area contributed by atoms with Crippen molar-refractivity contribution in [1.82, 2.24) is 0 Å². The van der Waals surface area contributed by atoms with Crippen LogP contribution in [0.4, 0.5) is 0 Å². The van der Waals surface area contributed by atoms with Crippen molar-refractivity contribution >= 4 is 15.9 Å². The molecule has 86 valence electrons. The van der Waals surface area contributed by atoms with Crippen molar-refractivity contribution in [3.05, 3.63) is 34.2 Å². The number of nitrogens with two attached hydrogens (primary N) is 1. The third kappa shape index (κ3) is 1.57. The molecule has 2 N–H and O–H groups in total. The molecule has 0 radical (unpaired) electrons. The minimum Gasteiger partial charge on any atom is -0.379 e. The Hall–Kier alpha value is -1.17. The van der Waals surface area contributed by atoms with E-state index in [9.17, 15) is 8.42 Å². The fraction of sp³-hybridized carbons (Fsp3) is 0.273. The van der Waals surface area contributed by atoms with E-state index in [2.05, 4.69) is 0 Å². The second-order valence-corrected chi connectivity index (χ2v) is 5.53. The molecule has 0 aromatic heterocycles. The Kier molecular flexibility index (Phi) is 2.84. The second kappa shape index (κ2) is 4.01. The van der Waals surface area contributed by atoms with Crippen molar-refractivity contribution in [3.63, 3.8) is 0 Å². The zero-order chi connectivity index (χ0) is 11.8. The van der Waals surface area contributed by atoms with Gasteiger partial charge in [-0.25, -0.2) is 8.42 Å². The second-order valence-electron chi connectivity index (χ2n) is 3.59. The number of hydrogen-bond donors (Lipinski definition) is 1. The van der Waals surface area contributed by atoms with Crippen LogP contribution in [0.15, 0.2) is 28.0 Å². The highest BCUT2D eigenvalue weighted by Crippen LogP contribution is 2.35. The van der Waals surface area contributed by atoms with E-state index < -0.39 is 9.84 Å². The van der Waals surface area contributed by atoms with E-state index in [0.29, 0.717) is 20.9 Å². The summed E-state index contributed by atoms with van der Waals surface area (Å²) in [5.74, 6) is 0. The third-order valence-electron chi connectivity index (χ3n) is 2.56. The zero-order valence-corrected chi connectivity index (χ0v) is 9.75. The first-order valence-corrected chi connectivity index (χ1v) is 6.36. The van der Waals surface area contributed by atoms with E-state index in [1.807, 2.05) is 6.07 Å². The molecule has 1 aromatic rings. The highest BCUT2D eigenvalue weighted by Gasteiger charge is 2.31. The molecule has 0 bridgehead atoms. The summed E-state index contributed by atoms with van der Waals surface area (Å²) in [6, 6.07) is 5.32. The Labute approximate surface area is 94.6 Å². The molecular weight excluding hydrogens is 226 g/mol. The van der Waals surface area contributed by atoms with Gasteiger partial charge in [0, 0.05) is 13.7 Å². The first-order valence-electron chi connectivity index (χ1n) is 4.88. The van der Waals surface area contributed by atoms with Gasteiger partial charge in [-0.05, 0) is 17.2 Å². The number of sulfone groups is 1. The average Bonchev–Trinajstić information content (AvgIpc) is 2.52. The predicted molar refractivity (Wildman–Crippen MR) is 61.4 cm³/mol. The van der Waals surface area contributed by atoms with E-state index >= 15 is 0 Å². The lowest BCUT2D eigenvalue weighted by molar-refractivity contribution is 0.231. The first-order chi connectivity index (χ1) is 7.61. The normalized spacial score (nSPS) is 17.0. The van der Waals surface area contributed by atoms with Gasteiger partial charge in [0.25, 0.3) is 0 Å². The molecule has 1 heterocycles. The third-order valence-corrected chi connectivity index (χ3v) is 4.53. The largest absolute Gasteiger partial charge is 0.379 e. The molecule has 0 amide bonds. The van der Waals surface area contributed by atoms with E-state index in [-0.39, 0.29) is 13.2 Å². The summed E-state index contributed by atoms with van der Waals surface area (Å²) in [6.07, 6.45) is 1.65. The molecule has 0 fully saturated rings. The van der Waals surface area contributed by atoms with Crippen LogP contribution in [0.5, 0.6) is 0 Å². The standard InChI is InChI=1S/C11H13NO3S/c1-15-7-10-5-8-3-2-4-9(6-12)11(8)16(10,13)14/h2-5H,6-7,12H2,1H3. The Morgan fingerprint density at radius 2 is 2.12 bits per heavy atom. The van der Waals surface area contributed by atoms with Gasteiger partial charge in [-0.3, -0.25) is 0 Å². The maximum atomic E-state index is 12.2. The van der Waals surface area contributed by atoms with Crippen molar-refractivity contribution in [2.75, 3.05) is 13.7 Å². The molecule has 1 aliphatic rings. The maximum absolute atomic E-state index is 12.2. The van der Waals surface area contributed by atoms with Crippen LogP contribution in [0.1, 0.15) is 11.1 Å². The van der Waals surface area contributed by atoms with Gasteiger partial charge < -0.3 is 10.5 Å². The molecule has 0 unspecified atom stereocenters. The topological polar surface area (TPSA) is 69.4 Å². The molecule has 1 aromatic carbocycles. The summed E-state index contributed by atoms with van der Waals surface area (Å²) in [4.78, 5) is 0.635. The Bertz CT molecular complexity index is 546. The molecule has 0 atom stereocenters. The van der Waals surface area contributed by atoms with E-state index in [4.69, 9.17) is 10.5 Å². The van der Waals surface area contributed by atoms with Crippen LogP contribution >= 0.6 is 0 Å². The molecule has 0 saturated carbocycles. The number of benzene rings is 1. The van der Waals surface area contributed by atoms with Crippen molar-refractivity contribution in [1.29, 1.82) is 0 Å². The average molecular weight is 239 g/mol. The number of fused-ring (bicyclic) bond motifs is 1. The summed E-state index contributed by atoms with van der Waals surface area (Å²) >= 11 is 0. The van der Waals surface area contributed by atoms with E-state index in [1.165, 1.54) is 7.11 Å². The van der Waals surface area contributed by atoms with Gasteiger partial charge in [0.2, 0.25) is 9.84 Å². The van der Waals surface area contributed by atoms with Crippen LogP contribution in [0.3, 0.4) is 0 Å². The first kappa shape index (κ1) is 11.3. The highest BCUT2D eigenvalue weighted by molar-refractivity contribution is 7.96. The van der Waals surface area contributed by atoms with E-state index in [1.54, 1.807) is 18.2 Å². The van der Waals surface area contributed by atoms with Gasteiger partial charge in [0.15, 0.2) is 0 Å². The van der Waals surface area contributed by atoms with Crippen LogP contribution < -0.4 is 5.73 Å². The molecule has 4 nitrogen and oxygen atoms in total. The van der Waals surface area contributed by atoms with Crippen molar-refractivity contribution in [3.8, 4) is 0 Å². The quantitative estimate of drug-likeness (QED) is 0.851. The number of ether oxygens (including phenoxy) is 1. The van der Waals surface area contributed by atoms with Crippen LogP contribution in [0.2, 0.25) is 0 Å². The van der Waals surface area contributed by atoms with Gasteiger partial charge in [-0.1, -0.05) is 18.2 Å². The number of rotatable bonds is 3. The molecular formula is C11H13NO3S. The maximum Gasteiger partial charge on any atom is 0.206 e. The van der Waals surface area contributed by atoms with Gasteiger partial charge in [0.05, 0.1) is 16.4 Å². The molecule has 5 heteroatoms. The highest BCUT2D eigenvalue weighted by atomic mass is 32.2. The van der Waals surface area contributed by atoms with Crippen molar-refractivity contribution in [2.24, 2.45) is 5.73 Å². The van der Waals surface area contributed by atoms with Crippen molar-refractivity contribution in [2.45, 2.75) is 11.4 Å². The minimum absolute atomic E-state index is 0.0982. The summed E-state index contributed by atoms with van der Waals surface area (Å²) in [6.45, 7) is 0.317. The molecule has 2 rings (SSSR count). The monoisotopic (exact) mass is 239 g/mol. The van der Waals surface area contributed by atoms with Gasteiger partial charge in [-0.2, -0.15) is 0 Å². The van der Waals surface area contributed by atoms with Crippen LogP contribution in [-0.2, 0) is 21.1 Å². The SMILES string of the molecule is COCC1=Cc2cccc(CN)c2S1(=O)=O. The van der Waals surface area contributed by atoms with Crippen LogP contribution in [0.25, 0.3) is 6.08 Å². The fourth-order valence-electron chi connectivity index (χ4n) is 1.85. The summed E-state index contributed by atoms with van der Waals surface area (Å²) in [5.41, 5.74) is 6.90. The molecule has 0 aliphatic carbocycles. The van der Waals surface area contributed by atoms with E-state index in [0.717, 1.165) is 0 Å². The lowest BCUT2D eigenvalue weighted by atomic mass is 10.1. The fourth-order valence-corrected chi connectivity index (χ4v) is 3.60. The Balaban J connectivity index is 2.62. The summed E-state index contributed by atoms with van der Waals surface area (Å²) in [7, 11) is -1.92. The smallest absolute Gasteiger partial charge is 0.206 e. The number of hydrogen-bond acceptors (Lipinski definition) is 4. The van der Waals surface area contributed by atoms with Gasteiger partial charge in [-0.15, -0.1) is 0 Å². The van der Waals surface area contributed by atoms with Gasteiger partial charge >= 0.3 is 0 Å². The van der Waals surface area contributed by atoms with Crippen molar-refractivity contribution < 1.29 is 13.2 Å². The van der Waals surface area contributed by atoms with Crippen LogP contribution in [0, 0.1) is 0 Å².